The third-order valence-electron chi connectivity index (χ3n) is 4.53. The van der Waals surface area contributed by atoms with Crippen molar-refractivity contribution in [2.45, 2.75) is 31.1 Å². The number of hydrogen-bond donors (Lipinski definition) is 1. The Morgan fingerprint density at radius 1 is 1.14 bits per heavy atom. The molecule has 2 aromatic carbocycles. The lowest BCUT2D eigenvalue weighted by atomic mass is 10.1. The lowest BCUT2D eigenvalue weighted by Crippen LogP contribution is -2.29. The van der Waals surface area contributed by atoms with Crippen molar-refractivity contribution in [3.63, 3.8) is 0 Å². The summed E-state index contributed by atoms with van der Waals surface area (Å²) in [6, 6.07) is 10.1. The summed E-state index contributed by atoms with van der Waals surface area (Å²) in [5.41, 5.74) is 1.15. The molecule has 8 heteroatoms. The van der Waals surface area contributed by atoms with Crippen LogP contribution in [-0.4, -0.2) is 38.9 Å². The molecule has 0 unspecified atom stereocenters. The van der Waals surface area contributed by atoms with Crippen molar-refractivity contribution < 1.29 is 22.3 Å². The minimum Gasteiger partial charge on any atom is -0.491 e. The number of anilines is 1. The molecule has 0 aliphatic carbocycles. The number of nitrogens with one attached hydrogen (secondary N) is 1. The van der Waals surface area contributed by atoms with E-state index in [4.69, 9.17) is 4.74 Å². The van der Waals surface area contributed by atoms with Crippen molar-refractivity contribution in [2.75, 3.05) is 24.4 Å². The Morgan fingerprint density at radius 2 is 1.82 bits per heavy atom. The van der Waals surface area contributed by atoms with Crippen LogP contribution in [0.5, 0.6) is 5.75 Å². The van der Waals surface area contributed by atoms with Crippen molar-refractivity contribution in [3.8, 4) is 5.75 Å². The second-order valence-electron chi connectivity index (χ2n) is 6.59. The molecule has 1 fully saturated rings. The van der Waals surface area contributed by atoms with Gasteiger partial charge in [-0.25, -0.2) is 12.8 Å². The standard InChI is InChI=1S/C20H23FN2O4S/c1-2-27-19-10-9-17(14-18(19)21)28(25,26)22-16-7-5-15(6-8-16)13-20(24)23-11-3-4-12-23/h5-10,14,22H,2-4,11-13H2,1H3. The maximum absolute atomic E-state index is 14.0. The van der Waals surface area contributed by atoms with Crippen molar-refractivity contribution in [3.05, 3.63) is 53.8 Å². The number of hydrogen-bond acceptors (Lipinski definition) is 4. The normalized spacial score (nSPS) is 14.1. The zero-order valence-corrected chi connectivity index (χ0v) is 16.5. The molecule has 2 aromatic rings. The lowest BCUT2D eigenvalue weighted by molar-refractivity contribution is -0.129. The number of carbonyl (C=O) groups is 1. The Morgan fingerprint density at radius 3 is 2.43 bits per heavy atom. The fourth-order valence-electron chi connectivity index (χ4n) is 3.08. The highest BCUT2D eigenvalue weighted by atomic mass is 32.2. The van der Waals surface area contributed by atoms with Crippen LogP contribution < -0.4 is 9.46 Å². The number of amides is 1. The maximum Gasteiger partial charge on any atom is 0.262 e. The van der Waals surface area contributed by atoms with Crippen molar-refractivity contribution >= 4 is 21.6 Å². The summed E-state index contributed by atoms with van der Waals surface area (Å²) >= 11 is 0. The van der Waals surface area contributed by atoms with Crippen molar-refractivity contribution in [1.29, 1.82) is 0 Å². The van der Waals surface area contributed by atoms with E-state index in [1.807, 2.05) is 4.90 Å². The minimum atomic E-state index is -3.94. The van der Waals surface area contributed by atoms with Gasteiger partial charge in [0.05, 0.1) is 17.9 Å². The molecule has 1 aliphatic heterocycles. The van der Waals surface area contributed by atoms with Gasteiger partial charge in [0.25, 0.3) is 10.0 Å². The summed E-state index contributed by atoms with van der Waals surface area (Å²) in [5.74, 6) is -0.648. The number of carbonyl (C=O) groups excluding carboxylic acids is 1. The van der Waals surface area contributed by atoms with E-state index in [9.17, 15) is 17.6 Å². The Hall–Kier alpha value is -2.61. The number of rotatable bonds is 7. The van der Waals surface area contributed by atoms with Crippen LogP contribution in [0.3, 0.4) is 0 Å². The molecule has 1 aliphatic rings. The molecule has 150 valence electrons. The van der Waals surface area contributed by atoms with Gasteiger partial charge in [0.2, 0.25) is 5.91 Å². The van der Waals surface area contributed by atoms with Gasteiger partial charge in [0.15, 0.2) is 11.6 Å². The zero-order chi connectivity index (χ0) is 20.1. The molecule has 0 radical (unpaired) electrons. The Bertz CT molecular complexity index is 939. The summed E-state index contributed by atoms with van der Waals surface area (Å²) < 4.78 is 46.4. The monoisotopic (exact) mass is 406 g/mol. The summed E-state index contributed by atoms with van der Waals surface area (Å²) in [4.78, 5) is 13.8. The van der Waals surface area contributed by atoms with Crippen molar-refractivity contribution in [1.82, 2.24) is 4.90 Å². The largest absolute Gasteiger partial charge is 0.491 e. The van der Waals surface area contributed by atoms with E-state index in [1.165, 1.54) is 12.1 Å². The van der Waals surface area contributed by atoms with Crippen LogP contribution >= 0.6 is 0 Å². The molecule has 1 heterocycles. The van der Waals surface area contributed by atoms with Gasteiger partial charge in [-0.15, -0.1) is 0 Å². The Kier molecular flexibility index (Phi) is 6.18. The highest BCUT2D eigenvalue weighted by molar-refractivity contribution is 7.92. The zero-order valence-electron chi connectivity index (χ0n) is 15.7. The molecule has 0 saturated carbocycles. The van der Waals surface area contributed by atoms with Gasteiger partial charge < -0.3 is 9.64 Å². The van der Waals surface area contributed by atoms with E-state index in [-0.39, 0.29) is 29.6 Å². The highest BCUT2D eigenvalue weighted by Crippen LogP contribution is 2.23. The van der Waals surface area contributed by atoms with Crippen LogP contribution in [-0.2, 0) is 21.2 Å². The predicted molar refractivity (Wildman–Crippen MR) is 104 cm³/mol. The van der Waals surface area contributed by atoms with Crippen molar-refractivity contribution in [2.24, 2.45) is 0 Å². The van der Waals surface area contributed by atoms with Gasteiger partial charge in [0.1, 0.15) is 0 Å². The summed E-state index contributed by atoms with van der Waals surface area (Å²) in [7, 11) is -3.94. The van der Waals surface area contributed by atoms with Gasteiger partial charge in [-0.05, 0) is 55.7 Å². The molecule has 0 spiro atoms. The van der Waals surface area contributed by atoms with Gasteiger partial charge >= 0.3 is 0 Å². The average molecular weight is 406 g/mol. The third-order valence-corrected chi connectivity index (χ3v) is 5.91. The van der Waals surface area contributed by atoms with Crippen LogP contribution in [0, 0.1) is 5.82 Å². The Labute approximate surface area is 164 Å². The number of ether oxygens (including phenoxy) is 1. The van der Waals surface area contributed by atoms with Crippen LogP contribution in [0.15, 0.2) is 47.4 Å². The summed E-state index contributed by atoms with van der Waals surface area (Å²) in [5, 5.41) is 0. The smallest absolute Gasteiger partial charge is 0.262 e. The summed E-state index contributed by atoms with van der Waals surface area (Å²) in [6.45, 7) is 3.60. The quantitative estimate of drug-likeness (QED) is 0.766. The van der Waals surface area contributed by atoms with Crippen LogP contribution in [0.1, 0.15) is 25.3 Å². The van der Waals surface area contributed by atoms with E-state index >= 15 is 0 Å². The number of nitrogens with zero attached hydrogens (tertiary/aromatic N) is 1. The molecule has 1 N–H and O–H groups in total. The van der Waals surface area contributed by atoms with Gasteiger partial charge in [-0.1, -0.05) is 12.1 Å². The van der Waals surface area contributed by atoms with E-state index in [0.717, 1.165) is 37.6 Å². The summed E-state index contributed by atoms with van der Waals surface area (Å²) in [6.07, 6.45) is 2.37. The second kappa shape index (κ2) is 8.60. The van der Waals surface area contributed by atoms with E-state index < -0.39 is 15.8 Å². The SMILES string of the molecule is CCOc1ccc(S(=O)(=O)Nc2ccc(CC(=O)N3CCCC3)cc2)cc1F. The number of benzene rings is 2. The number of sulfonamides is 1. The molecule has 28 heavy (non-hydrogen) atoms. The number of likely N-dealkylation sites (tertiary alicyclic amines) is 1. The lowest BCUT2D eigenvalue weighted by Gasteiger charge is -2.15. The first kappa shape index (κ1) is 20.1. The van der Waals surface area contributed by atoms with Gasteiger partial charge in [-0.2, -0.15) is 0 Å². The predicted octanol–water partition coefficient (Wildman–Crippen LogP) is 3.19. The Balaban J connectivity index is 1.67. The van der Waals surface area contributed by atoms with Gasteiger partial charge in [0, 0.05) is 18.8 Å². The number of halogens is 1. The van der Waals surface area contributed by atoms with Crippen LogP contribution in [0.4, 0.5) is 10.1 Å². The van der Waals surface area contributed by atoms with Gasteiger partial charge in [-0.3, -0.25) is 9.52 Å². The molecule has 0 atom stereocenters. The third kappa shape index (κ3) is 4.81. The first-order valence-electron chi connectivity index (χ1n) is 9.21. The molecule has 1 amide bonds. The fourth-order valence-corrected chi connectivity index (χ4v) is 4.15. The topological polar surface area (TPSA) is 75.7 Å². The molecular formula is C20H23FN2O4S. The molecule has 6 nitrogen and oxygen atoms in total. The molecule has 3 rings (SSSR count). The molecular weight excluding hydrogens is 383 g/mol. The molecule has 0 bridgehead atoms. The van der Waals surface area contributed by atoms with E-state index in [1.54, 1.807) is 31.2 Å². The minimum absolute atomic E-state index is 0.00784. The van der Waals surface area contributed by atoms with Crippen LogP contribution in [0.2, 0.25) is 0 Å². The highest BCUT2D eigenvalue weighted by Gasteiger charge is 2.19. The first-order valence-corrected chi connectivity index (χ1v) is 10.7. The van der Waals surface area contributed by atoms with E-state index in [0.29, 0.717) is 5.69 Å². The maximum atomic E-state index is 14.0. The molecule has 0 aromatic heterocycles. The second-order valence-corrected chi connectivity index (χ2v) is 8.27. The average Bonchev–Trinajstić information content (AvgIpc) is 3.20. The van der Waals surface area contributed by atoms with Crippen LogP contribution in [0.25, 0.3) is 0 Å². The fraction of sp³-hybridized carbons (Fsp3) is 0.350. The van der Waals surface area contributed by atoms with E-state index in [2.05, 4.69) is 4.72 Å². The first-order chi connectivity index (χ1) is 13.4. The molecule has 1 saturated heterocycles.